The molecule has 4 rings (SSSR count). The van der Waals surface area contributed by atoms with Gasteiger partial charge in [-0.3, -0.25) is 14.8 Å². The summed E-state index contributed by atoms with van der Waals surface area (Å²) in [6, 6.07) is 17.5. The normalized spacial score (nSPS) is 14.4. The summed E-state index contributed by atoms with van der Waals surface area (Å²) in [7, 11) is 0. The summed E-state index contributed by atoms with van der Waals surface area (Å²) in [5.41, 5.74) is 5.15. The van der Waals surface area contributed by atoms with Gasteiger partial charge in [0.05, 0.1) is 12.3 Å². The van der Waals surface area contributed by atoms with Gasteiger partial charge in [-0.2, -0.15) is 0 Å². The molecule has 3 aromatic rings. The third-order valence-corrected chi connectivity index (χ3v) is 5.91. The molecule has 2 aromatic carbocycles. The fraction of sp³-hybridized carbons (Fsp3) is 0.286. The third-order valence-electron chi connectivity index (χ3n) is 5.91. The molecule has 1 aromatic heterocycles. The molecular formula is C28H31N5O4. The Morgan fingerprint density at radius 2 is 1.92 bits per heavy atom. The van der Waals surface area contributed by atoms with Gasteiger partial charge in [0.2, 0.25) is 17.8 Å². The van der Waals surface area contributed by atoms with E-state index < -0.39 is 5.91 Å². The number of amides is 2. The summed E-state index contributed by atoms with van der Waals surface area (Å²) < 4.78 is 5.92. The van der Waals surface area contributed by atoms with E-state index in [-0.39, 0.29) is 12.3 Å². The van der Waals surface area contributed by atoms with Gasteiger partial charge < -0.3 is 15.0 Å². The fourth-order valence-electron chi connectivity index (χ4n) is 4.02. The Labute approximate surface area is 216 Å². The number of nitrogens with one attached hydrogen (secondary N) is 2. The van der Waals surface area contributed by atoms with E-state index >= 15 is 0 Å². The van der Waals surface area contributed by atoms with Gasteiger partial charge >= 0.3 is 0 Å². The number of hydrogen-bond donors (Lipinski definition) is 3. The number of carbonyl (C=O) groups excluding carboxylic acids is 2. The van der Waals surface area contributed by atoms with Crippen LogP contribution in [0, 0.1) is 0 Å². The highest BCUT2D eigenvalue weighted by molar-refractivity contribution is 5.77. The molecule has 9 nitrogen and oxygen atoms in total. The maximum atomic E-state index is 13.0. The average molecular weight is 502 g/mol. The zero-order valence-electron chi connectivity index (χ0n) is 20.6. The molecule has 1 aliphatic heterocycles. The van der Waals surface area contributed by atoms with Crippen molar-refractivity contribution in [3.8, 4) is 17.0 Å². The Bertz CT molecular complexity index is 1250. The minimum absolute atomic E-state index is 0.00548. The summed E-state index contributed by atoms with van der Waals surface area (Å²) >= 11 is 0. The quantitative estimate of drug-likeness (QED) is 0.202. The van der Waals surface area contributed by atoms with Crippen LogP contribution in [0.2, 0.25) is 0 Å². The molecule has 0 radical (unpaired) electrons. The van der Waals surface area contributed by atoms with Crippen molar-refractivity contribution in [3.63, 3.8) is 0 Å². The Morgan fingerprint density at radius 1 is 1.05 bits per heavy atom. The number of aromatic nitrogens is 2. The second kappa shape index (κ2) is 13.2. The molecule has 2 heterocycles. The average Bonchev–Trinajstić information content (AvgIpc) is 2.92. The van der Waals surface area contributed by atoms with E-state index in [4.69, 9.17) is 9.94 Å². The lowest BCUT2D eigenvalue weighted by molar-refractivity contribution is -0.132. The summed E-state index contributed by atoms with van der Waals surface area (Å²) in [4.78, 5) is 35.1. The topological polar surface area (TPSA) is 117 Å². The van der Waals surface area contributed by atoms with Crippen LogP contribution >= 0.6 is 0 Å². The zero-order chi connectivity index (χ0) is 25.9. The lowest BCUT2D eigenvalue weighted by Gasteiger charge is -2.22. The van der Waals surface area contributed by atoms with Crippen LogP contribution in [0.5, 0.6) is 5.75 Å². The smallest absolute Gasteiger partial charge is 0.243 e. The van der Waals surface area contributed by atoms with Gasteiger partial charge in [0.15, 0.2) is 0 Å². The summed E-state index contributed by atoms with van der Waals surface area (Å²) in [5, 5.41) is 11.9. The molecule has 0 aliphatic carbocycles. The second-order valence-corrected chi connectivity index (χ2v) is 8.74. The van der Waals surface area contributed by atoms with Gasteiger partial charge in [-0.25, -0.2) is 15.4 Å². The van der Waals surface area contributed by atoms with Crippen LogP contribution in [0.4, 0.5) is 11.6 Å². The maximum Gasteiger partial charge on any atom is 0.243 e. The highest BCUT2D eigenvalue weighted by atomic mass is 16.5. The molecule has 3 N–H and O–H groups in total. The maximum absolute atomic E-state index is 13.0. The van der Waals surface area contributed by atoms with Crippen molar-refractivity contribution in [1.29, 1.82) is 0 Å². The zero-order valence-corrected chi connectivity index (χ0v) is 20.6. The number of rotatable bonds is 5. The van der Waals surface area contributed by atoms with Crippen LogP contribution in [0.1, 0.15) is 37.7 Å². The lowest BCUT2D eigenvalue weighted by atomic mass is 10.1. The van der Waals surface area contributed by atoms with Crippen molar-refractivity contribution in [3.05, 3.63) is 78.5 Å². The van der Waals surface area contributed by atoms with Crippen LogP contribution in [0.3, 0.4) is 0 Å². The first-order chi connectivity index (χ1) is 18.1. The Balaban J connectivity index is 1.53. The van der Waals surface area contributed by atoms with Crippen molar-refractivity contribution in [2.45, 2.75) is 38.6 Å². The molecule has 192 valence electrons. The number of unbranched alkanes of at least 4 members (excludes halogenated alkanes) is 1. The highest BCUT2D eigenvalue weighted by Crippen LogP contribution is 2.24. The SMILES string of the molecule is O=C(CCCCC(=O)N1C/C=C/CCOc2cccc(c2)-c2ccnc(n2)Nc2cccc(c2)C1)NO. The van der Waals surface area contributed by atoms with Crippen molar-refractivity contribution in [1.82, 2.24) is 20.3 Å². The van der Waals surface area contributed by atoms with Gasteiger partial charge in [0.1, 0.15) is 5.75 Å². The predicted octanol–water partition coefficient (Wildman–Crippen LogP) is 4.62. The first kappa shape index (κ1) is 25.8. The molecule has 0 saturated carbocycles. The van der Waals surface area contributed by atoms with Gasteiger partial charge in [-0.1, -0.05) is 36.4 Å². The van der Waals surface area contributed by atoms with E-state index in [1.54, 1.807) is 16.6 Å². The molecule has 0 fully saturated rings. The summed E-state index contributed by atoms with van der Waals surface area (Å²) in [6.45, 7) is 1.42. The summed E-state index contributed by atoms with van der Waals surface area (Å²) in [5.74, 6) is 0.801. The number of nitrogens with zero attached hydrogens (tertiary/aromatic N) is 3. The Kier molecular flexibility index (Phi) is 9.20. The van der Waals surface area contributed by atoms with E-state index in [2.05, 4.69) is 15.3 Å². The molecule has 1 aliphatic rings. The third kappa shape index (κ3) is 7.88. The first-order valence-corrected chi connectivity index (χ1v) is 12.4. The van der Waals surface area contributed by atoms with Gasteiger partial charge in [-0.05, 0) is 55.2 Å². The van der Waals surface area contributed by atoms with Crippen LogP contribution in [-0.4, -0.2) is 45.0 Å². The van der Waals surface area contributed by atoms with E-state index in [0.29, 0.717) is 51.3 Å². The van der Waals surface area contributed by atoms with Crippen molar-refractivity contribution < 1.29 is 19.5 Å². The summed E-state index contributed by atoms with van der Waals surface area (Å²) in [6.07, 6.45) is 8.03. The van der Waals surface area contributed by atoms with Crippen LogP contribution in [0.15, 0.2) is 72.9 Å². The minimum atomic E-state index is -0.445. The lowest BCUT2D eigenvalue weighted by Crippen LogP contribution is -2.30. The largest absolute Gasteiger partial charge is 0.493 e. The first-order valence-electron chi connectivity index (χ1n) is 12.4. The van der Waals surface area contributed by atoms with Crippen molar-refractivity contribution in [2.75, 3.05) is 18.5 Å². The number of hydrogen-bond acceptors (Lipinski definition) is 7. The molecule has 6 bridgehead atoms. The molecule has 0 saturated heterocycles. The number of anilines is 2. The fourth-order valence-corrected chi connectivity index (χ4v) is 4.02. The minimum Gasteiger partial charge on any atom is -0.493 e. The molecule has 9 heteroatoms. The molecule has 2 amide bonds. The van der Waals surface area contributed by atoms with Gasteiger partial charge in [-0.15, -0.1) is 0 Å². The molecule has 37 heavy (non-hydrogen) atoms. The standard InChI is InChI=1S/C28H31N5O4/c34-26(32-36)12-2-3-13-27(35)33-16-4-1-5-17-37-24-11-7-9-22(19-24)25-14-15-29-28(31-25)30-23-10-6-8-21(18-23)20-33/h1,4,6-11,14-15,18-19,36H,2-3,5,12-13,16-17,20H2,(H,32,34)(H,29,30,31)/b4-1+. The van der Waals surface area contributed by atoms with Crippen molar-refractivity contribution >= 4 is 23.5 Å². The van der Waals surface area contributed by atoms with Crippen molar-refractivity contribution in [2.24, 2.45) is 0 Å². The number of ether oxygens (including phenoxy) is 1. The second-order valence-electron chi connectivity index (χ2n) is 8.74. The number of carbonyl (C=O) groups is 2. The molecule has 0 atom stereocenters. The van der Waals surface area contributed by atoms with E-state index in [9.17, 15) is 9.59 Å². The number of fused-ring (bicyclic) bond motifs is 7. The number of hydroxylamine groups is 1. The Morgan fingerprint density at radius 3 is 2.81 bits per heavy atom. The van der Waals surface area contributed by atoms with E-state index in [1.165, 1.54) is 0 Å². The van der Waals surface area contributed by atoms with Crippen LogP contribution in [0.25, 0.3) is 11.3 Å². The monoisotopic (exact) mass is 501 g/mol. The van der Waals surface area contributed by atoms with E-state index in [0.717, 1.165) is 28.3 Å². The Hall–Kier alpha value is -4.24. The van der Waals surface area contributed by atoms with Gasteiger partial charge in [0.25, 0.3) is 0 Å². The molecule has 0 spiro atoms. The van der Waals surface area contributed by atoms with Crippen LogP contribution in [-0.2, 0) is 16.1 Å². The van der Waals surface area contributed by atoms with Gasteiger partial charge in [0, 0.05) is 43.4 Å². The molecule has 0 unspecified atom stereocenters. The number of benzene rings is 2. The highest BCUT2D eigenvalue weighted by Gasteiger charge is 2.14. The van der Waals surface area contributed by atoms with E-state index in [1.807, 2.05) is 66.7 Å². The predicted molar refractivity (Wildman–Crippen MR) is 140 cm³/mol. The van der Waals surface area contributed by atoms with Crippen LogP contribution < -0.4 is 15.5 Å². The molecular weight excluding hydrogens is 470 g/mol.